The van der Waals surface area contributed by atoms with Crippen LogP contribution in [-0.4, -0.2) is 27.2 Å². The van der Waals surface area contributed by atoms with E-state index in [1.807, 2.05) is 13.1 Å². The van der Waals surface area contributed by atoms with Crippen LogP contribution in [0.2, 0.25) is 0 Å². The molecule has 1 aromatic carbocycles. The molecule has 1 aliphatic rings. The molecule has 0 heterocycles. The minimum absolute atomic E-state index is 0.290. The lowest BCUT2D eigenvalue weighted by Gasteiger charge is -2.38. The highest BCUT2D eigenvalue weighted by atomic mass is 16.5. The van der Waals surface area contributed by atoms with Gasteiger partial charge in [-0.1, -0.05) is 6.07 Å². The Morgan fingerprint density at radius 1 is 1.39 bits per heavy atom. The zero-order valence-corrected chi connectivity index (χ0v) is 11.9. The summed E-state index contributed by atoms with van der Waals surface area (Å²) in [5, 5.41) is 3.32. The minimum Gasteiger partial charge on any atom is -0.496 e. The van der Waals surface area contributed by atoms with E-state index < -0.39 is 0 Å². The maximum absolute atomic E-state index is 5.52. The van der Waals surface area contributed by atoms with Crippen LogP contribution in [-0.2, 0) is 0 Å². The van der Waals surface area contributed by atoms with E-state index in [1.165, 1.54) is 30.5 Å². The number of anilines is 1. The highest BCUT2D eigenvalue weighted by Gasteiger charge is 2.26. The Hall–Kier alpha value is -1.22. The van der Waals surface area contributed by atoms with Crippen LogP contribution < -0.4 is 15.0 Å². The fourth-order valence-electron chi connectivity index (χ4n) is 2.57. The van der Waals surface area contributed by atoms with Crippen molar-refractivity contribution in [2.75, 3.05) is 26.1 Å². The monoisotopic (exact) mass is 248 g/mol. The molecular formula is C15H24N2O. The number of nitrogens with zero attached hydrogens (tertiary/aromatic N) is 1. The first-order valence-corrected chi connectivity index (χ1v) is 6.76. The maximum Gasteiger partial charge on any atom is 0.125 e. The van der Waals surface area contributed by atoms with Gasteiger partial charge in [-0.15, -0.1) is 0 Å². The Morgan fingerprint density at radius 3 is 2.61 bits per heavy atom. The summed E-state index contributed by atoms with van der Waals surface area (Å²) >= 11 is 0. The summed E-state index contributed by atoms with van der Waals surface area (Å²) < 4.78 is 5.52. The molecule has 0 aromatic heterocycles. The second kappa shape index (κ2) is 5.61. The molecule has 0 saturated heterocycles. The van der Waals surface area contributed by atoms with Crippen molar-refractivity contribution in [2.24, 2.45) is 0 Å². The number of nitrogens with one attached hydrogen (secondary N) is 1. The number of hydrogen-bond acceptors (Lipinski definition) is 3. The fraction of sp³-hybridized carbons (Fsp3) is 0.600. The van der Waals surface area contributed by atoms with Crippen LogP contribution in [0.4, 0.5) is 5.69 Å². The second-order valence-electron chi connectivity index (χ2n) is 5.10. The minimum atomic E-state index is 0.290. The van der Waals surface area contributed by atoms with Gasteiger partial charge in [-0.25, -0.2) is 0 Å². The van der Waals surface area contributed by atoms with Crippen LogP contribution >= 0.6 is 0 Å². The Bertz CT molecular complexity index is 401. The smallest absolute Gasteiger partial charge is 0.125 e. The summed E-state index contributed by atoms with van der Waals surface area (Å²) in [7, 11) is 5.93. The Kier molecular flexibility index (Phi) is 4.12. The first-order valence-electron chi connectivity index (χ1n) is 6.76. The SMILES string of the molecule is CNC(C)c1c(OC)cccc1N(C)C1CCC1. The van der Waals surface area contributed by atoms with E-state index in [4.69, 9.17) is 4.74 Å². The van der Waals surface area contributed by atoms with Gasteiger partial charge in [-0.3, -0.25) is 0 Å². The molecule has 1 saturated carbocycles. The van der Waals surface area contributed by atoms with E-state index >= 15 is 0 Å². The van der Waals surface area contributed by atoms with Crippen molar-refractivity contribution in [3.05, 3.63) is 23.8 Å². The molecule has 3 heteroatoms. The molecule has 0 aliphatic heterocycles. The van der Waals surface area contributed by atoms with E-state index in [9.17, 15) is 0 Å². The quantitative estimate of drug-likeness (QED) is 0.867. The zero-order valence-electron chi connectivity index (χ0n) is 11.9. The molecule has 0 spiro atoms. The number of methoxy groups -OCH3 is 1. The largest absolute Gasteiger partial charge is 0.496 e. The summed E-state index contributed by atoms with van der Waals surface area (Å²) in [6.07, 6.45) is 3.97. The van der Waals surface area contributed by atoms with Crippen LogP contribution in [0.1, 0.15) is 37.8 Å². The molecule has 1 atom stereocenters. The number of hydrogen-bond donors (Lipinski definition) is 1. The molecule has 18 heavy (non-hydrogen) atoms. The van der Waals surface area contributed by atoms with Gasteiger partial charge in [0.1, 0.15) is 5.75 Å². The van der Waals surface area contributed by atoms with Crippen LogP contribution in [0.15, 0.2) is 18.2 Å². The molecule has 100 valence electrons. The zero-order chi connectivity index (χ0) is 13.1. The normalized spacial score (nSPS) is 17.1. The lowest BCUT2D eigenvalue weighted by molar-refractivity contribution is 0.392. The van der Waals surface area contributed by atoms with E-state index in [1.54, 1.807) is 7.11 Å². The van der Waals surface area contributed by atoms with E-state index in [-0.39, 0.29) is 0 Å². The molecule has 1 aliphatic carbocycles. The van der Waals surface area contributed by atoms with Crippen LogP contribution in [0.5, 0.6) is 5.75 Å². The van der Waals surface area contributed by atoms with Crippen molar-refractivity contribution < 1.29 is 4.74 Å². The fourth-order valence-corrected chi connectivity index (χ4v) is 2.57. The summed E-state index contributed by atoms with van der Waals surface area (Å²) in [4.78, 5) is 2.41. The third kappa shape index (κ3) is 2.32. The Balaban J connectivity index is 2.38. The predicted octanol–water partition coefficient (Wildman–Crippen LogP) is 2.96. The second-order valence-corrected chi connectivity index (χ2v) is 5.10. The summed E-state index contributed by atoms with van der Waals surface area (Å²) in [5.74, 6) is 0.973. The lowest BCUT2D eigenvalue weighted by atomic mass is 9.90. The molecular weight excluding hydrogens is 224 g/mol. The van der Waals surface area contributed by atoms with E-state index in [2.05, 4.69) is 36.3 Å². The average molecular weight is 248 g/mol. The number of rotatable bonds is 5. The molecule has 1 fully saturated rings. The Labute approximate surface area is 110 Å². The van der Waals surface area contributed by atoms with Gasteiger partial charge in [0.25, 0.3) is 0 Å². The van der Waals surface area contributed by atoms with Crippen LogP contribution in [0, 0.1) is 0 Å². The molecule has 1 aromatic rings. The van der Waals surface area contributed by atoms with E-state index in [0.717, 1.165) is 5.75 Å². The van der Waals surface area contributed by atoms with Gasteiger partial charge in [-0.05, 0) is 45.4 Å². The van der Waals surface area contributed by atoms with Crippen molar-refractivity contribution in [3.8, 4) is 5.75 Å². The molecule has 2 rings (SSSR count). The average Bonchev–Trinajstić information content (AvgIpc) is 2.34. The maximum atomic E-state index is 5.52. The van der Waals surface area contributed by atoms with Crippen molar-refractivity contribution in [1.82, 2.24) is 5.32 Å². The van der Waals surface area contributed by atoms with Crippen molar-refractivity contribution in [2.45, 2.75) is 38.3 Å². The van der Waals surface area contributed by atoms with Gasteiger partial charge < -0.3 is 15.0 Å². The van der Waals surface area contributed by atoms with Crippen molar-refractivity contribution in [1.29, 1.82) is 0 Å². The Morgan fingerprint density at radius 2 is 2.11 bits per heavy atom. The number of ether oxygens (including phenoxy) is 1. The van der Waals surface area contributed by atoms with E-state index in [0.29, 0.717) is 12.1 Å². The summed E-state index contributed by atoms with van der Waals surface area (Å²) in [6.45, 7) is 2.18. The standard InChI is InChI=1S/C15H24N2O/c1-11(16-2)15-13(9-6-10-14(15)18-4)17(3)12-7-5-8-12/h6,9-12,16H,5,7-8H2,1-4H3. The number of benzene rings is 1. The highest BCUT2D eigenvalue weighted by molar-refractivity contribution is 5.61. The summed E-state index contributed by atoms with van der Waals surface area (Å²) in [6, 6.07) is 7.30. The van der Waals surface area contributed by atoms with Crippen molar-refractivity contribution >= 4 is 5.69 Å². The first kappa shape index (κ1) is 13.2. The van der Waals surface area contributed by atoms with Gasteiger partial charge in [-0.2, -0.15) is 0 Å². The molecule has 0 amide bonds. The third-order valence-electron chi connectivity index (χ3n) is 4.13. The first-order chi connectivity index (χ1) is 8.69. The van der Waals surface area contributed by atoms with Crippen LogP contribution in [0.3, 0.4) is 0 Å². The predicted molar refractivity (Wildman–Crippen MR) is 76.5 cm³/mol. The van der Waals surface area contributed by atoms with Gasteiger partial charge in [0.05, 0.1) is 7.11 Å². The van der Waals surface area contributed by atoms with Gasteiger partial charge in [0.15, 0.2) is 0 Å². The van der Waals surface area contributed by atoms with Crippen molar-refractivity contribution in [3.63, 3.8) is 0 Å². The molecule has 1 unspecified atom stereocenters. The molecule has 0 radical (unpaired) electrons. The molecule has 1 N–H and O–H groups in total. The van der Waals surface area contributed by atoms with Gasteiger partial charge >= 0.3 is 0 Å². The topological polar surface area (TPSA) is 24.5 Å². The van der Waals surface area contributed by atoms with Crippen LogP contribution in [0.25, 0.3) is 0 Å². The van der Waals surface area contributed by atoms with Gasteiger partial charge in [0, 0.05) is 30.4 Å². The lowest BCUT2D eigenvalue weighted by Crippen LogP contribution is -2.38. The summed E-state index contributed by atoms with van der Waals surface area (Å²) in [5.41, 5.74) is 2.55. The third-order valence-corrected chi connectivity index (χ3v) is 4.13. The molecule has 0 bridgehead atoms. The molecule has 3 nitrogen and oxygen atoms in total. The van der Waals surface area contributed by atoms with Gasteiger partial charge in [0.2, 0.25) is 0 Å². The highest BCUT2D eigenvalue weighted by Crippen LogP contribution is 2.37.